The first-order valence-electron chi connectivity index (χ1n) is 9.15. The van der Waals surface area contributed by atoms with Gasteiger partial charge in [-0.1, -0.05) is 0 Å². The fraction of sp³-hybridized carbons (Fsp3) is 0.421. The maximum absolute atomic E-state index is 13.1. The molecule has 4 rings (SSSR count). The molecular formula is C19H24N6O2. The lowest BCUT2D eigenvalue weighted by Gasteiger charge is -2.41. The molecule has 1 N–H and O–H groups in total. The topological polar surface area (TPSA) is 81.1 Å². The SMILES string of the molecule is Cn1cc(CN2CCC(C(=O)NCc3ccco3)(n3ccnc3)CC2)cn1. The van der Waals surface area contributed by atoms with Gasteiger partial charge in [0.05, 0.1) is 25.3 Å². The molecular weight excluding hydrogens is 344 g/mol. The van der Waals surface area contributed by atoms with Gasteiger partial charge in [0.1, 0.15) is 11.3 Å². The van der Waals surface area contributed by atoms with Gasteiger partial charge in [0.2, 0.25) is 5.91 Å². The molecule has 0 spiro atoms. The molecule has 27 heavy (non-hydrogen) atoms. The zero-order valence-electron chi connectivity index (χ0n) is 15.4. The van der Waals surface area contributed by atoms with Crippen LogP contribution in [0.1, 0.15) is 24.2 Å². The first kappa shape index (κ1) is 17.5. The molecule has 1 fully saturated rings. The van der Waals surface area contributed by atoms with Crippen molar-refractivity contribution in [2.75, 3.05) is 13.1 Å². The molecule has 0 atom stereocenters. The number of hydrogen-bond donors (Lipinski definition) is 1. The molecule has 0 saturated carbocycles. The zero-order valence-corrected chi connectivity index (χ0v) is 15.4. The van der Waals surface area contributed by atoms with E-state index in [1.165, 1.54) is 5.56 Å². The third-order valence-electron chi connectivity index (χ3n) is 5.27. The van der Waals surface area contributed by atoms with Crippen molar-refractivity contribution in [3.05, 3.63) is 60.8 Å². The molecule has 0 bridgehead atoms. The number of furan rings is 1. The van der Waals surface area contributed by atoms with Gasteiger partial charge in [-0.3, -0.25) is 14.4 Å². The van der Waals surface area contributed by atoms with Gasteiger partial charge in [-0.25, -0.2) is 4.98 Å². The summed E-state index contributed by atoms with van der Waals surface area (Å²) in [6, 6.07) is 3.69. The minimum atomic E-state index is -0.617. The molecule has 142 valence electrons. The molecule has 8 heteroatoms. The Morgan fingerprint density at radius 1 is 1.37 bits per heavy atom. The second kappa shape index (κ2) is 7.40. The van der Waals surface area contributed by atoms with E-state index in [1.54, 1.807) is 18.8 Å². The van der Waals surface area contributed by atoms with E-state index in [4.69, 9.17) is 4.42 Å². The Kier molecular flexibility index (Phi) is 4.81. The molecule has 3 aromatic heterocycles. The number of imidazole rings is 1. The predicted octanol–water partition coefficient (Wildman–Crippen LogP) is 1.52. The number of aryl methyl sites for hydroxylation is 1. The van der Waals surface area contributed by atoms with Gasteiger partial charge in [-0.15, -0.1) is 0 Å². The van der Waals surface area contributed by atoms with Crippen LogP contribution in [0.25, 0.3) is 0 Å². The van der Waals surface area contributed by atoms with E-state index in [1.807, 2.05) is 47.0 Å². The molecule has 1 amide bonds. The minimum Gasteiger partial charge on any atom is -0.467 e. The first-order valence-corrected chi connectivity index (χ1v) is 9.15. The monoisotopic (exact) mass is 368 g/mol. The van der Waals surface area contributed by atoms with Crippen molar-refractivity contribution >= 4 is 5.91 Å². The zero-order chi connectivity index (χ0) is 18.7. The van der Waals surface area contributed by atoms with E-state index in [0.29, 0.717) is 6.54 Å². The normalized spacial score (nSPS) is 17.1. The van der Waals surface area contributed by atoms with E-state index < -0.39 is 5.54 Å². The second-order valence-electron chi connectivity index (χ2n) is 7.06. The van der Waals surface area contributed by atoms with E-state index in [2.05, 4.69) is 20.3 Å². The second-order valence-corrected chi connectivity index (χ2v) is 7.06. The number of nitrogens with one attached hydrogen (secondary N) is 1. The fourth-order valence-corrected chi connectivity index (χ4v) is 3.75. The van der Waals surface area contributed by atoms with Gasteiger partial charge in [0.25, 0.3) is 0 Å². The number of nitrogens with zero attached hydrogens (tertiary/aromatic N) is 5. The highest BCUT2D eigenvalue weighted by Gasteiger charge is 2.42. The first-order chi connectivity index (χ1) is 13.2. The van der Waals surface area contributed by atoms with Crippen LogP contribution < -0.4 is 5.32 Å². The van der Waals surface area contributed by atoms with Crippen LogP contribution in [0.5, 0.6) is 0 Å². The summed E-state index contributed by atoms with van der Waals surface area (Å²) in [5.41, 5.74) is 0.573. The number of amides is 1. The van der Waals surface area contributed by atoms with Crippen LogP contribution in [0.15, 0.2) is 53.9 Å². The Morgan fingerprint density at radius 3 is 2.85 bits per heavy atom. The highest BCUT2D eigenvalue weighted by molar-refractivity contribution is 5.84. The summed E-state index contributed by atoms with van der Waals surface area (Å²) < 4.78 is 9.10. The molecule has 0 aromatic carbocycles. The van der Waals surface area contributed by atoms with Gasteiger partial charge in [0, 0.05) is 50.8 Å². The standard InChI is InChI=1S/C19H24N6O2/c1-23-13-16(11-22-23)14-24-7-4-19(5-8-24,25-9-6-20-15-25)18(26)21-12-17-3-2-10-27-17/h2-3,6,9-11,13,15H,4-5,7-8,12,14H2,1H3,(H,21,26). The van der Waals surface area contributed by atoms with Crippen LogP contribution in [-0.4, -0.2) is 43.2 Å². The summed E-state index contributed by atoms with van der Waals surface area (Å²) in [7, 11) is 1.92. The molecule has 8 nitrogen and oxygen atoms in total. The van der Waals surface area contributed by atoms with E-state index in [-0.39, 0.29) is 5.91 Å². The largest absolute Gasteiger partial charge is 0.467 e. The van der Waals surface area contributed by atoms with E-state index in [0.717, 1.165) is 38.2 Å². The maximum Gasteiger partial charge on any atom is 0.246 e. The summed E-state index contributed by atoms with van der Waals surface area (Å²) in [5, 5.41) is 7.27. The average Bonchev–Trinajstić information content (AvgIpc) is 3.44. The van der Waals surface area contributed by atoms with Gasteiger partial charge in [-0.05, 0) is 25.0 Å². The van der Waals surface area contributed by atoms with Gasteiger partial charge >= 0.3 is 0 Å². The highest BCUT2D eigenvalue weighted by atomic mass is 16.3. The summed E-state index contributed by atoms with van der Waals surface area (Å²) >= 11 is 0. The van der Waals surface area contributed by atoms with Crippen molar-refractivity contribution < 1.29 is 9.21 Å². The summed E-state index contributed by atoms with van der Waals surface area (Å²) in [6.45, 7) is 2.91. The van der Waals surface area contributed by atoms with Crippen LogP contribution in [0, 0.1) is 0 Å². The average molecular weight is 368 g/mol. The third kappa shape index (κ3) is 3.66. The number of piperidine rings is 1. The Morgan fingerprint density at radius 2 is 2.22 bits per heavy atom. The van der Waals surface area contributed by atoms with Crippen LogP contribution in [0.3, 0.4) is 0 Å². The van der Waals surface area contributed by atoms with Crippen molar-refractivity contribution in [3.8, 4) is 0 Å². The highest BCUT2D eigenvalue weighted by Crippen LogP contribution is 2.31. The number of hydrogen-bond acceptors (Lipinski definition) is 5. The predicted molar refractivity (Wildman–Crippen MR) is 98.5 cm³/mol. The minimum absolute atomic E-state index is 0.0120. The maximum atomic E-state index is 13.1. The smallest absolute Gasteiger partial charge is 0.246 e. The van der Waals surface area contributed by atoms with Crippen molar-refractivity contribution in [1.82, 2.24) is 29.5 Å². The molecule has 0 unspecified atom stereocenters. The number of rotatable bonds is 6. The lowest BCUT2D eigenvalue weighted by atomic mass is 9.86. The Labute approximate surface area is 157 Å². The molecule has 0 aliphatic carbocycles. The number of carbonyl (C=O) groups excluding carboxylic acids is 1. The fourth-order valence-electron chi connectivity index (χ4n) is 3.75. The van der Waals surface area contributed by atoms with Gasteiger partial charge in [-0.2, -0.15) is 5.10 Å². The van der Waals surface area contributed by atoms with Crippen molar-refractivity contribution in [2.45, 2.75) is 31.5 Å². The summed E-state index contributed by atoms with van der Waals surface area (Å²) in [4.78, 5) is 19.7. The van der Waals surface area contributed by atoms with E-state index >= 15 is 0 Å². The van der Waals surface area contributed by atoms with Crippen LogP contribution >= 0.6 is 0 Å². The Bertz CT molecular complexity index is 860. The Hall–Kier alpha value is -2.87. The quantitative estimate of drug-likeness (QED) is 0.713. The molecule has 3 aromatic rings. The number of likely N-dealkylation sites (tertiary alicyclic amines) is 1. The molecule has 4 heterocycles. The number of carbonyl (C=O) groups is 1. The lowest BCUT2D eigenvalue weighted by molar-refractivity contribution is -0.133. The molecule has 1 aliphatic rings. The summed E-state index contributed by atoms with van der Waals surface area (Å²) in [6.07, 6.45) is 12.4. The molecule has 1 aliphatic heterocycles. The number of aromatic nitrogens is 4. The van der Waals surface area contributed by atoms with E-state index in [9.17, 15) is 4.79 Å². The Balaban J connectivity index is 1.45. The molecule has 1 saturated heterocycles. The van der Waals surface area contributed by atoms with Crippen LogP contribution in [0.2, 0.25) is 0 Å². The van der Waals surface area contributed by atoms with Crippen molar-refractivity contribution in [3.63, 3.8) is 0 Å². The van der Waals surface area contributed by atoms with Crippen molar-refractivity contribution in [2.24, 2.45) is 7.05 Å². The summed E-state index contributed by atoms with van der Waals surface area (Å²) in [5.74, 6) is 0.760. The van der Waals surface area contributed by atoms with Gasteiger partial charge < -0.3 is 14.3 Å². The third-order valence-corrected chi connectivity index (χ3v) is 5.27. The van der Waals surface area contributed by atoms with Crippen LogP contribution in [-0.2, 0) is 30.5 Å². The molecule has 0 radical (unpaired) electrons. The van der Waals surface area contributed by atoms with Gasteiger partial charge in [0.15, 0.2) is 0 Å². The van der Waals surface area contributed by atoms with Crippen LogP contribution in [0.4, 0.5) is 0 Å². The van der Waals surface area contributed by atoms with Crippen molar-refractivity contribution in [1.29, 1.82) is 0 Å². The lowest BCUT2D eigenvalue weighted by Crippen LogP contribution is -2.54.